The molecule has 0 aliphatic rings. The number of nitrogens with zero attached hydrogens (tertiary/aromatic N) is 1. The van der Waals surface area contributed by atoms with Crippen LogP contribution in [0.4, 0.5) is 10.1 Å². The Morgan fingerprint density at radius 3 is 2.36 bits per heavy atom. The number of aryl methyl sites for hydroxylation is 1. The van der Waals surface area contributed by atoms with Crippen LogP contribution in [0.25, 0.3) is 0 Å². The zero-order chi connectivity index (χ0) is 21.1. The van der Waals surface area contributed by atoms with Crippen molar-refractivity contribution in [1.29, 1.82) is 0 Å². The standard InChI is InChI=1S/C20H24ClFN2O3S/c1-5-18(20(25)23-14(3)15-7-10-17(22)11-8-15)24(28(4,26)27)19-12-16(21)9-6-13(19)2/h6-12,14,18H,5H2,1-4H3,(H,23,25)/t14-,18-/m1/s1. The van der Waals surface area contributed by atoms with Crippen LogP contribution in [0.2, 0.25) is 5.02 Å². The molecular weight excluding hydrogens is 403 g/mol. The van der Waals surface area contributed by atoms with E-state index >= 15 is 0 Å². The number of hydrogen-bond donors (Lipinski definition) is 1. The third-order valence-corrected chi connectivity index (χ3v) is 5.87. The van der Waals surface area contributed by atoms with Gasteiger partial charge < -0.3 is 5.32 Å². The van der Waals surface area contributed by atoms with Crippen molar-refractivity contribution in [3.8, 4) is 0 Å². The molecule has 0 fully saturated rings. The molecule has 5 nitrogen and oxygen atoms in total. The second kappa shape index (κ2) is 8.92. The first-order valence-corrected chi connectivity index (χ1v) is 11.1. The summed E-state index contributed by atoms with van der Waals surface area (Å²) in [5.74, 6) is -0.808. The lowest BCUT2D eigenvalue weighted by Gasteiger charge is -2.32. The molecule has 0 aromatic heterocycles. The second-order valence-electron chi connectivity index (χ2n) is 6.70. The van der Waals surface area contributed by atoms with Crippen LogP contribution < -0.4 is 9.62 Å². The molecule has 2 atom stereocenters. The molecule has 0 bridgehead atoms. The molecule has 2 rings (SSSR count). The molecule has 0 saturated carbocycles. The lowest BCUT2D eigenvalue weighted by atomic mass is 10.1. The molecule has 0 aliphatic carbocycles. The minimum absolute atomic E-state index is 0.265. The van der Waals surface area contributed by atoms with Crippen LogP contribution in [-0.4, -0.2) is 26.6 Å². The SMILES string of the molecule is CC[C@H](C(=O)N[C@H](C)c1ccc(F)cc1)N(c1cc(Cl)ccc1C)S(C)(=O)=O. The number of nitrogens with one attached hydrogen (secondary N) is 1. The van der Waals surface area contributed by atoms with Crippen molar-refractivity contribution in [3.05, 3.63) is 64.4 Å². The highest BCUT2D eigenvalue weighted by molar-refractivity contribution is 7.92. The second-order valence-corrected chi connectivity index (χ2v) is 8.99. The summed E-state index contributed by atoms with van der Waals surface area (Å²) in [5, 5.41) is 3.20. The maximum Gasteiger partial charge on any atom is 0.244 e. The number of benzene rings is 2. The van der Waals surface area contributed by atoms with Crippen LogP contribution in [0.1, 0.15) is 37.4 Å². The van der Waals surface area contributed by atoms with E-state index in [9.17, 15) is 17.6 Å². The van der Waals surface area contributed by atoms with Crippen molar-refractivity contribution in [2.45, 2.75) is 39.3 Å². The number of anilines is 1. The molecule has 0 heterocycles. The van der Waals surface area contributed by atoms with Crippen LogP contribution >= 0.6 is 11.6 Å². The van der Waals surface area contributed by atoms with Gasteiger partial charge in [0.15, 0.2) is 0 Å². The molecule has 2 aromatic rings. The van der Waals surface area contributed by atoms with Gasteiger partial charge in [0, 0.05) is 5.02 Å². The molecule has 0 aliphatic heterocycles. The number of carbonyl (C=O) groups is 1. The smallest absolute Gasteiger partial charge is 0.244 e. The van der Waals surface area contributed by atoms with E-state index in [1.807, 2.05) is 0 Å². The molecule has 28 heavy (non-hydrogen) atoms. The zero-order valence-electron chi connectivity index (χ0n) is 16.2. The number of carbonyl (C=O) groups excluding carboxylic acids is 1. The van der Waals surface area contributed by atoms with Gasteiger partial charge in [0.05, 0.1) is 18.0 Å². The Morgan fingerprint density at radius 2 is 1.82 bits per heavy atom. The summed E-state index contributed by atoms with van der Waals surface area (Å²) < 4.78 is 39.3. The average molecular weight is 427 g/mol. The predicted molar refractivity (Wildman–Crippen MR) is 111 cm³/mol. The fraction of sp³-hybridized carbons (Fsp3) is 0.350. The average Bonchev–Trinajstić information content (AvgIpc) is 2.61. The summed E-state index contributed by atoms with van der Waals surface area (Å²) in [5.41, 5.74) is 1.77. The van der Waals surface area contributed by atoms with E-state index in [0.29, 0.717) is 16.3 Å². The molecule has 0 radical (unpaired) electrons. The van der Waals surface area contributed by atoms with E-state index in [0.717, 1.165) is 16.1 Å². The largest absolute Gasteiger partial charge is 0.348 e. The minimum atomic E-state index is -3.76. The van der Waals surface area contributed by atoms with Gasteiger partial charge in [-0.2, -0.15) is 0 Å². The Labute approximate surface area is 170 Å². The number of rotatable bonds is 7. The van der Waals surface area contributed by atoms with Crippen molar-refractivity contribution < 1.29 is 17.6 Å². The van der Waals surface area contributed by atoms with Gasteiger partial charge in [-0.3, -0.25) is 9.10 Å². The van der Waals surface area contributed by atoms with Crippen molar-refractivity contribution in [1.82, 2.24) is 5.32 Å². The van der Waals surface area contributed by atoms with Gasteiger partial charge in [-0.15, -0.1) is 0 Å². The molecule has 8 heteroatoms. The Hall–Kier alpha value is -2.12. The number of hydrogen-bond acceptors (Lipinski definition) is 3. The Bertz CT molecular complexity index is 948. The van der Waals surface area contributed by atoms with Gasteiger partial charge in [-0.05, 0) is 55.7 Å². The highest BCUT2D eigenvalue weighted by Crippen LogP contribution is 2.29. The van der Waals surface area contributed by atoms with Gasteiger partial charge in [0.1, 0.15) is 11.9 Å². The first kappa shape index (κ1) is 22.2. The van der Waals surface area contributed by atoms with Crippen molar-refractivity contribution in [2.75, 3.05) is 10.6 Å². The summed E-state index contributed by atoms with van der Waals surface area (Å²) in [4.78, 5) is 13.0. The maximum absolute atomic E-state index is 13.1. The van der Waals surface area contributed by atoms with Gasteiger partial charge in [-0.1, -0.05) is 36.7 Å². The molecule has 2 aromatic carbocycles. The van der Waals surface area contributed by atoms with Crippen LogP contribution in [-0.2, 0) is 14.8 Å². The fourth-order valence-corrected chi connectivity index (χ4v) is 4.43. The van der Waals surface area contributed by atoms with Crippen molar-refractivity contribution >= 4 is 33.2 Å². The summed E-state index contributed by atoms with van der Waals surface area (Å²) in [6.45, 7) is 5.26. The number of amides is 1. The highest BCUT2D eigenvalue weighted by atomic mass is 35.5. The molecule has 1 N–H and O–H groups in total. The molecule has 152 valence electrons. The van der Waals surface area contributed by atoms with Gasteiger partial charge in [-0.25, -0.2) is 12.8 Å². The third kappa shape index (κ3) is 5.23. The summed E-state index contributed by atoms with van der Waals surface area (Å²) in [6.07, 6.45) is 1.33. The maximum atomic E-state index is 13.1. The van der Waals surface area contributed by atoms with Crippen LogP contribution in [0.15, 0.2) is 42.5 Å². The Morgan fingerprint density at radius 1 is 1.21 bits per heavy atom. The lowest BCUT2D eigenvalue weighted by molar-refractivity contribution is -0.122. The van der Waals surface area contributed by atoms with Crippen LogP contribution in [0.5, 0.6) is 0 Å². The summed E-state index contributed by atoms with van der Waals surface area (Å²) in [7, 11) is -3.76. The first-order chi connectivity index (χ1) is 13.0. The Balaban J connectivity index is 2.36. The zero-order valence-corrected chi connectivity index (χ0v) is 17.8. The van der Waals surface area contributed by atoms with Crippen molar-refractivity contribution in [2.24, 2.45) is 0 Å². The molecular formula is C20H24ClFN2O3S. The van der Waals surface area contributed by atoms with E-state index in [1.54, 1.807) is 45.0 Å². The monoisotopic (exact) mass is 426 g/mol. The van der Waals surface area contributed by atoms with E-state index < -0.39 is 28.0 Å². The minimum Gasteiger partial charge on any atom is -0.348 e. The van der Waals surface area contributed by atoms with Gasteiger partial charge in [0.2, 0.25) is 15.9 Å². The van der Waals surface area contributed by atoms with Gasteiger partial charge in [0.25, 0.3) is 0 Å². The van der Waals surface area contributed by atoms with E-state index in [-0.39, 0.29) is 12.2 Å². The predicted octanol–water partition coefficient (Wildman–Crippen LogP) is 4.21. The first-order valence-electron chi connectivity index (χ1n) is 8.86. The number of halogens is 2. The normalized spacial score (nSPS) is 13.6. The fourth-order valence-electron chi connectivity index (χ4n) is 3.00. The van der Waals surface area contributed by atoms with Crippen LogP contribution in [0.3, 0.4) is 0 Å². The van der Waals surface area contributed by atoms with E-state index in [4.69, 9.17) is 11.6 Å². The topological polar surface area (TPSA) is 66.5 Å². The quantitative estimate of drug-likeness (QED) is 0.721. The number of sulfonamides is 1. The van der Waals surface area contributed by atoms with E-state index in [1.165, 1.54) is 18.2 Å². The van der Waals surface area contributed by atoms with Gasteiger partial charge >= 0.3 is 0 Å². The third-order valence-electron chi connectivity index (χ3n) is 4.47. The lowest BCUT2D eigenvalue weighted by Crippen LogP contribution is -2.50. The summed E-state index contributed by atoms with van der Waals surface area (Å²) >= 11 is 6.06. The Kier molecular flexibility index (Phi) is 7.06. The van der Waals surface area contributed by atoms with Crippen molar-refractivity contribution in [3.63, 3.8) is 0 Å². The van der Waals surface area contributed by atoms with Crippen LogP contribution in [0, 0.1) is 12.7 Å². The molecule has 0 spiro atoms. The summed E-state index contributed by atoms with van der Waals surface area (Å²) in [6, 6.07) is 9.34. The molecule has 0 saturated heterocycles. The van der Waals surface area contributed by atoms with E-state index in [2.05, 4.69) is 5.32 Å². The molecule has 1 amide bonds. The highest BCUT2D eigenvalue weighted by Gasteiger charge is 2.33. The molecule has 0 unspecified atom stereocenters.